The van der Waals surface area contributed by atoms with Gasteiger partial charge in [0.25, 0.3) is 0 Å². The summed E-state index contributed by atoms with van der Waals surface area (Å²) in [5.41, 5.74) is 7.97. The summed E-state index contributed by atoms with van der Waals surface area (Å²) in [6.45, 7) is 0. The maximum absolute atomic E-state index is 3.82. The molecule has 1 aliphatic rings. The monoisotopic (exact) mass is 749 g/mol. The first-order valence-electron chi connectivity index (χ1n) is 13.3. The summed E-state index contributed by atoms with van der Waals surface area (Å²) in [6.07, 6.45) is 0. The maximum atomic E-state index is 3.82. The molecule has 184 valence electrons. The molecular weight excluding hydrogens is 729 g/mol. The van der Waals surface area contributed by atoms with E-state index in [0.717, 1.165) is 11.1 Å². The van der Waals surface area contributed by atoms with Crippen LogP contribution in [0, 0.1) is 43.2 Å². The van der Waals surface area contributed by atoms with Gasteiger partial charge in [-0.05, 0) is 29.3 Å². The fraction of sp³-hybridized carbons (Fsp3) is 0.0270. The average Bonchev–Trinajstić information content (AvgIpc) is 3.55. The summed E-state index contributed by atoms with van der Waals surface area (Å²) in [5, 5.41) is 5.12. The molecule has 0 bridgehead atoms. The number of fused-ring (bicyclic) bond motifs is 8. The molecule has 9 rings (SSSR count). The molecule has 3 heterocycles. The first-order chi connectivity index (χ1) is 19.4. The van der Waals surface area contributed by atoms with E-state index in [1.807, 2.05) is 17.4 Å². The summed E-state index contributed by atoms with van der Waals surface area (Å²) >= 11 is 1.86. The molecule has 8 aromatic rings. The zero-order valence-corrected chi connectivity index (χ0v) is 26.5. The van der Waals surface area contributed by atoms with Crippen LogP contribution in [0.1, 0.15) is 22.3 Å². The molecule has 40 heavy (non-hydrogen) atoms. The van der Waals surface area contributed by atoms with Crippen molar-refractivity contribution >= 4 is 53.3 Å². The van der Waals surface area contributed by atoms with Crippen molar-refractivity contribution < 1.29 is 31.1 Å². The van der Waals surface area contributed by atoms with Crippen LogP contribution in [0.5, 0.6) is 0 Å². The van der Waals surface area contributed by atoms with Gasteiger partial charge in [0.05, 0.1) is 16.7 Å². The molecule has 0 aliphatic carbocycles. The average molecular weight is 750 g/mol. The fourth-order valence-corrected chi connectivity index (χ4v) is 8.06. The summed E-state index contributed by atoms with van der Waals surface area (Å²) in [4.78, 5) is 0. The Morgan fingerprint density at radius 1 is 0.575 bits per heavy atom. The molecule has 0 saturated heterocycles. The number of hydrogen-bond donors (Lipinski definition) is 0. The smallest absolute Gasteiger partial charge is 0.309 e. The van der Waals surface area contributed by atoms with Crippen molar-refractivity contribution in [1.29, 1.82) is 0 Å². The minimum Gasteiger partial charge on any atom is -0.309 e. The van der Waals surface area contributed by atoms with Crippen molar-refractivity contribution in [3.05, 3.63) is 162 Å². The second kappa shape index (κ2) is 8.95. The van der Waals surface area contributed by atoms with Gasteiger partial charge < -0.3 is 4.57 Å². The number of aromatic nitrogens is 1. The molecule has 1 aliphatic heterocycles. The Morgan fingerprint density at radius 3 is 2.23 bits per heavy atom. The van der Waals surface area contributed by atoms with Crippen molar-refractivity contribution in [2.75, 3.05) is 0 Å². The molecule has 0 amide bonds. The normalized spacial score (nSPS) is 15.9. The summed E-state index contributed by atoms with van der Waals surface area (Å²) in [5.74, 6) is 0. The van der Waals surface area contributed by atoms with Crippen LogP contribution < -0.4 is 0 Å². The minimum absolute atomic E-state index is 0. The topological polar surface area (TPSA) is 4.93 Å². The number of nitrogens with zero attached hydrogens (tertiary/aromatic N) is 1. The summed E-state index contributed by atoms with van der Waals surface area (Å²) in [6, 6.07) is 53.7. The Bertz CT molecular complexity index is 2240. The molecular formula is C37H21NSU. The molecule has 1 unspecified atom stereocenters. The van der Waals surface area contributed by atoms with Crippen LogP contribution in [0.25, 0.3) is 47.7 Å². The van der Waals surface area contributed by atoms with Crippen LogP contribution in [0.3, 0.4) is 0 Å². The zero-order chi connectivity index (χ0) is 25.6. The molecule has 0 saturated carbocycles. The second-order valence-corrected chi connectivity index (χ2v) is 11.4. The Hall–Kier alpha value is -3.61. The van der Waals surface area contributed by atoms with E-state index in [0.29, 0.717) is 0 Å². The van der Waals surface area contributed by atoms with Gasteiger partial charge in [0.2, 0.25) is 0 Å². The number of para-hydroxylation sites is 3. The molecule has 0 N–H and O–H groups in total. The maximum Gasteiger partial charge on any atom is 2.00 e. The molecule has 3 heteroatoms. The van der Waals surface area contributed by atoms with E-state index in [1.165, 1.54) is 58.8 Å². The zero-order valence-electron chi connectivity index (χ0n) is 21.5. The predicted molar refractivity (Wildman–Crippen MR) is 163 cm³/mol. The first-order valence-corrected chi connectivity index (χ1v) is 14.1. The van der Waals surface area contributed by atoms with Gasteiger partial charge in [0, 0.05) is 20.9 Å². The van der Waals surface area contributed by atoms with E-state index in [4.69, 9.17) is 0 Å². The van der Waals surface area contributed by atoms with Gasteiger partial charge in [-0.1, -0.05) is 82.9 Å². The van der Waals surface area contributed by atoms with Gasteiger partial charge >= 0.3 is 31.1 Å². The summed E-state index contributed by atoms with van der Waals surface area (Å²) < 4.78 is 5.06. The number of thiophene rings is 1. The molecule has 2 aromatic heterocycles. The number of rotatable bonds is 2. The van der Waals surface area contributed by atoms with Gasteiger partial charge in [-0.25, -0.2) is 0 Å². The van der Waals surface area contributed by atoms with Crippen molar-refractivity contribution in [1.82, 2.24) is 4.57 Å². The molecule has 1 atom stereocenters. The predicted octanol–water partition coefficient (Wildman–Crippen LogP) is 9.45. The van der Waals surface area contributed by atoms with E-state index in [-0.39, 0.29) is 31.1 Å². The molecule has 0 radical (unpaired) electrons. The van der Waals surface area contributed by atoms with Crippen LogP contribution in [-0.4, -0.2) is 4.57 Å². The van der Waals surface area contributed by atoms with E-state index >= 15 is 0 Å². The third kappa shape index (κ3) is 3.04. The summed E-state index contributed by atoms with van der Waals surface area (Å²) in [7, 11) is 0. The molecule has 0 spiro atoms. The van der Waals surface area contributed by atoms with Crippen LogP contribution in [0.2, 0.25) is 0 Å². The van der Waals surface area contributed by atoms with Crippen LogP contribution in [-0.2, 0) is 5.41 Å². The minimum atomic E-state index is -0.563. The van der Waals surface area contributed by atoms with E-state index in [1.54, 1.807) is 0 Å². The van der Waals surface area contributed by atoms with Crippen LogP contribution >= 0.6 is 11.3 Å². The van der Waals surface area contributed by atoms with Crippen molar-refractivity contribution in [3.63, 3.8) is 0 Å². The third-order valence-electron chi connectivity index (χ3n) is 8.47. The number of hydrogen-bond acceptors (Lipinski definition) is 1. The van der Waals surface area contributed by atoms with Crippen LogP contribution in [0.4, 0.5) is 0 Å². The van der Waals surface area contributed by atoms with Gasteiger partial charge in [-0.2, -0.15) is 53.8 Å². The Labute approximate surface area is 260 Å². The Kier molecular flexibility index (Phi) is 5.42. The fourth-order valence-electron chi connectivity index (χ4n) is 6.93. The van der Waals surface area contributed by atoms with Crippen molar-refractivity contribution in [3.8, 4) is 5.69 Å². The second-order valence-electron chi connectivity index (χ2n) is 10.3. The van der Waals surface area contributed by atoms with E-state index < -0.39 is 5.41 Å². The first kappa shape index (κ1) is 24.2. The van der Waals surface area contributed by atoms with E-state index in [9.17, 15) is 0 Å². The van der Waals surface area contributed by atoms with Gasteiger partial charge in [0.1, 0.15) is 0 Å². The Morgan fingerprint density at radius 2 is 1.32 bits per heavy atom. The van der Waals surface area contributed by atoms with Crippen molar-refractivity contribution in [2.24, 2.45) is 0 Å². The third-order valence-corrected chi connectivity index (χ3v) is 9.61. The standard InChI is InChI=1S/C37H21NS.U/c1-2-11-24(12-3-1)37(25-21-22-28-27-14-5-9-20-34(27)39-35(28)23-25)30-16-6-8-19-33(30)38-32-18-7-4-13-26(32)29-15-10-17-31(37)36(29)38;/h1-11,13-20,22-23H;/q-2;+2. The van der Waals surface area contributed by atoms with Gasteiger partial charge in [-0.15, -0.1) is 22.6 Å². The largest absolute Gasteiger partial charge is 2.00 e. The van der Waals surface area contributed by atoms with Gasteiger partial charge in [-0.3, -0.25) is 0 Å². The molecule has 0 fully saturated rings. The Balaban J connectivity index is 0.00000245. The van der Waals surface area contributed by atoms with Crippen LogP contribution in [0.15, 0.2) is 127 Å². The quantitative estimate of drug-likeness (QED) is 0.155. The molecule has 1 nitrogen and oxygen atoms in total. The van der Waals surface area contributed by atoms with Crippen molar-refractivity contribution in [2.45, 2.75) is 5.41 Å². The number of benzene rings is 6. The van der Waals surface area contributed by atoms with Gasteiger partial charge in [0.15, 0.2) is 0 Å². The molecule has 6 aromatic carbocycles. The van der Waals surface area contributed by atoms with E-state index in [2.05, 4.69) is 138 Å². The SMILES string of the molecule is [U+2].[c-]1ccccc1C1(c2[c-]cc3c(c2)sc2ccccc23)c2ccccc2-n2c3ccccc3c3cccc1c32.